The van der Waals surface area contributed by atoms with Crippen LogP contribution in [0.5, 0.6) is 0 Å². The van der Waals surface area contributed by atoms with E-state index in [1.165, 1.54) is 0 Å². The predicted octanol–water partition coefficient (Wildman–Crippen LogP) is 1.41. The Labute approximate surface area is 112 Å². The molecule has 1 aromatic heterocycles. The zero-order chi connectivity index (χ0) is 13.5. The third-order valence-corrected chi connectivity index (χ3v) is 2.78. The van der Waals surface area contributed by atoms with Gasteiger partial charge in [-0.1, -0.05) is 36.4 Å². The highest BCUT2D eigenvalue weighted by Gasteiger charge is 2.14. The molecule has 2 rings (SSSR count). The van der Waals surface area contributed by atoms with Crippen molar-refractivity contribution in [2.24, 2.45) is 0 Å². The van der Waals surface area contributed by atoms with E-state index in [0.29, 0.717) is 12.1 Å². The molecule has 0 bridgehead atoms. The number of aliphatic hydroxyl groups is 1. The van der Waals surface area contributed by atoms with E-state index in [0.717, 1.165) is 5.56 Å². The van der Waals surface area contributed by atoms with Crippen molar-refractivity contribution in [2.45, 2.75) is 12.5 Å². The van der Waals surface area contributed by atoms with Gasteiger partial charge in [-0.3, -0.25) is 9.78 Å². The van der Waals surface area contributed by atoms with Crippen molar-refractivity contribution in [1.82, 2.24) is 10.3 Å². The van der Waals surface area contributed by atoms with Gasteiger partial charge in [-0.2, -0.15) is 0 Å². The topological polar surface area (TPSA) is 62.2 Å². The maximum absolute atomic E-state index is 11.9. The third kappa shape index (κ3) is 3.89. The summed E-state index contributed by atoms with van der Waals surface area (Å²) < 4.78 is 0. The van der Waals surface area contributed by atoms with Gasteiger partial charge < -0.3 is 10.4 Å². The number of nitrogens with one attached hydrogen (secondary N) is 1. The quantitative estimate of drug-likeness (QED) is 0.850. The number of aliphatic hydroxyl groups excluding tert-OH is 1. The van der Waals surface area contributed by atoms with Crippen molar-refractivity contribution in [3.8, 4) is 0 Å². The molecule has 19 heavy (non-hydrogen) atoms. The van der Waals surface area contributed by atoms with Gasteiger partial charge in [0.05, 0.1) is 12.6 Å². The van der Waals surface area contributed by atoms with Gasteiger partial charge in [-0.15, -0.1) is 0 Å². The average molecular weight is 256 g/mol. The molecule has 1 aromatic carbocycles. The Morgan fingerprint density at radius 3 is 2.53 bits per heavy atom. The Kier molecular flexibility index (Phi) is 4.64. The average Bonchev–Trinajstić information content (AvgIpc) is 2.48. The zero-order valence-corrected chi connectivity index (χ0v) is 10.5. The van der Waals surface area contributed by atoms with Crippen molar-refractivity contribution in [2.75, 3.05) is 6.61 Å². The molecule has 2 N–H and O–H groups in total. The van der Waals surface area contributed by atoms with Crippen LogP contribution in [0.25, 0.3) is 0 Å². The maximum Gasteiger partial charge on any atom is 0.270 e. The predicted molar refractivity (Wildman–Crippen MR) is 72.7 cm³/mol. The number of rotatable bonds is 5. The minimum Gasteiger partial charge on any atom is -0.394 e. The minimum absolute atomic E-state index is 0.104. The Hall–Kier alpha value is -2.20. The van der Waals surface area contributed by atoms with Gasteiger partial charge >= 0.3 is 0 Å². The molecule has 0 saturated carbocycles. The van der Waals surface area contributed by atoms with Crippen LogP contribution in [0.3, 0.4) is 0 Å². The summed E-state index contributed by atoms with van der Waals surface area (Å²) in [7, 11) is 0. The summed E-state index contributed by atoms with van der Waals surface area (Å²) in [5, 5.41) is 12.1. The highest BCUT2D eigenvalue weighted by Crippen LogP contribution is 2.04. The molecule has 2 aromatic rings. The minimum atomic E-state index is -0.308. The molecule has 0 fully saturated rings. The van der Waals surface area contributed by atoms with Crippen LogP contribution in [0, 0.1) is 0 Å². The van der Waals surface area contributed by atoms with Gasteiger partial charge in [0.1, 0.15) is 5.69 Å². The number of nitrogens with zero attached hydrogens (tertiary/aromatic N) is 1. The highest BCUT2D eigenvalue weighted by atomic mass is 16.3. The molecule has 1 amide bonds. The Morgan fingerprint density at radius 1 is 1.16 bits per heavy atom. The van der Waals surface area contributed by atoms with Crippen LogP contribution >= 0.6 is 0 Å². The first kappa shape index (κ1) is 13.2. The molecule has 0 unspecified atom stereocenters. The fourth-order valence-corrected chi connectivity index (χ4v) is 1.82. The molecule has 98 valence electrons. The first-order valence-electron chi connectivity index (χ1n) is 6.16. The van der Waals surface area contributed by atoms with E-state index in [9.17, 15) is 9.90 Å². The van der Waals surface area contributed by atoms with Gasteiger partial charge in [0.25, 0.3) is 5.91 Å². The molecule has 0 radical (unpaired) electrons. The number of benzene rings is 1. The third-order valence-electron chi connectivity index (χ3n) is 2.78. The van der Waals surface area contributed by atoms with Crippen LogP contribution in [-0.4, -0.2) is 28.6 Å². The lowest BCUT2D eigenvalue weighted by Crippen LogP contribution is -2.39. The molecule has 1 heterocycles. The van der Waals surface area contributed by atoms with Gasteiger partial charge in [0, 0.05) is 6.20 Å². The largest absolute Gasteiger partial charge is 0.394 e. The van der Waals surface area contributed by atoms with E-state index in [2.05, 4.69) is 10.3 Å². The second-order valence-electron chi connectivity index (χ2n) is 4.26. The second kappa shape index (κ2) is 6.66. The number of carbonyl (C=O) groups excluding carboxylic acids is 1. The van der Waals surface area contributed by atoms with Crippen LogP contribution in [0.1, 0.15) is 16.1 Å². The van der Waals surface area contributed by atoms with Crippen LogP contribution in [-0.2, 0) is 6.42 Å². The van der Waals surface area contributed by atoms with E-state index in [1.54, 1.807) is 24.4 Å². The van der Waals surface area contributed by atoms with E-state index >= 15 is 0 Å². The molecule has 0 aliphatic heterocycles. The van der Waals surface area contributed by atoms with E-state index in [1.807, 2.05) is 30.3 Å². The Bertz CT molecular complexity index is 514. The molecule has 0 spiro atoms. The Morgan fingerprint density at radius 2 is 1.89 bits per heavy atom. The van der Waals surface area contributed by atoms with Crippen LogP contribution in [0.15, 0.2) is 54.7 Å². The maximum atomic E-state index is 11.9. The molecule has 0 saturated heterocycles. The van der Waals surface area contributed by atoms with Crippen LogP contribution < -0.4 is 5.32 Å². The highest BCUT2D eigenvalue weighted by molar-refractivity contribution is 5.92. The number of hydrogen-bond acceptors (Lipinski definition) is 3. The summed E-state index contributed by atoms with van der Waals surface area (Å²) in [6.07, 6.45) is 2.16. The van der Waals surface area contributed by atoms with Crippen LogP contribution in [0.2, 0.25) is 0 Å². The summed E-state index contributed by atoms with van der Waals surface area (Å²) in [6, 6.07) is 14.6. The molecule has 0 aliphatic rings. The summed E-state index contributed by atoms with van der Waals surface area (Å²) in [6.45, 7) is -0.104. The number of amides is 1. The van der Waals surface area contributed by atoms with Gasteiger partial charge in [0.2, 0.25) is 0 Å². The number of carbonyl (C=O) groups is 1. The molecule has 4 heteroatoms. The van der Waals surface area contributed by atoms with Gasteiger partial charge in [-0.05, 0) is 24.1 Å². The zero-order valence-electron chi connectivity index (χ0n) is 10.5. The molecular weight excluding hydrogens is 240 g/mol. The van der Waals surface area contributed by atoms with Crippen molar-refractivity contribution < 1.29 is 9.90 Å². The summed E-state index contributed by atoms with van der Waals surface area (Å²) in [4.78, 5) is 15.9. The summed E-state index contributed by atoms with van der Waals surface area (Å²) >= 11 is 0. The number of hydrogen-bond donors (Lipinski definition) is 2. The van der Waals surface area contributed by atoms with Gasteiger partial charge in [0.15, 0.2) is 0 Å². The van der Waals surface area contributed by atoms with Crippen molar-refractivity contribution in [3.05, 3.63) is 66.0 Å². The number of aromatic nitrogens is 1. The molecular formula is C15H16N2O2. The van der Waals surface area contributed by atoms with Crippen molar-refractivity contribution in [3.63, 3.8) is 0 Å². The van der Waals surface area contributed by atoms with Gasteiger partial charge in [-0.25, -0.2) is 0 Å². The van der Waals surface area contributed by atoms with E-state index < -0.39 is 0 Å². The van der Waals surface area contributed by atoms with Crippen LogP contribution in [0.4, 0.5) is 0 Å². The fourth-order valence-electron chi connectivity index (χ4n) is 1.82. The summed E-state index contributed by atoms with van der Waals surface area (Å²) in [5.74, 6) is -0.268. The SMILES string of the molecule is O=C(N[C@@H](CO)Cc1ccccc1)c1ccccn1. The lowest BCUT2D eigenvalue weighted by atomic mass is 10.1. The normalized spacial score (nSPS) is 11.8. The fraction of sp³-hybridized carbons (Fsp3) is 0.200. The van der Waals surface area contributed by atoms with Crippen molar-refractivity contribution in [1.29, 1.82) is 0 Å². The standard InChI is InChI=1S/C15H16N2O2/c18-11-13(10-12-6-2-1-3-7-12)17-15(19)14-8-4-5-9-16-14/h1-9,13,18H,10-11H2,(H,17,19)/t13-/m1/s1. The first-order valence-corrected chi connectivity index (χ1v) is 6.16. The van der Waals surface area contributed by atoms with E-state index in [4.69, 9.17) is 0 Å². The van der Waals surface area contributed by atoms with E-state index in [-0.39, 0.29) is 18.6 Å². The number of pyridine rings is 1. The van der Waals surface area contributed by atoms with Crippen molar-refractivity contribution >= 4 is 5.91 Å². The second-order valence-corrected chi connectivity index (χ2v) is 4.26. The Balaban J connectivity index is 1.98. The first-order chi connectivity index (χ1) is 9.29. The molecule has 1 atom stereocenters. The molecule has 4 nitrogen and oxygen atoms in total. The molecule has 0 aliphatic carbocycles. The lowest BCUT2D eigenvalue weighted by Gasteiger charge is -2.16. The monoisotopic (exact) mass is 256 g/mol. The lowest BCUT2D eigenvalue weighted by molar-refractivity contribution is 0.0911. The smallest absolute Gasteiger partial charge is 0.270 e. The summed E-state index contributed by atoms with van der Waals surface area (Å²) in [5.41, 5.74) is 1.43.